The highest BCUT2D eigenvalue weighted by atomic mass is 16.2. The van der Waals surface area contributed by atoms with Crippen molar-refractivity contribution in [1.29, 1.82) is 0 Å². The van der Waals surface area contributed by atoms with Crippen LogP contribution in [0.15, 0.2) is 46.4 Å². The summed E-state index contributed by atoms with van der Waals surface area (Å²) in [5.74, 6) is 2.89. The van der Waals surface area contributed by atoms with Crippen LogP contribution in [0.1, 0.15) is 25.7 Å². The summed E-state index contributed by atoms with van der Waals surface area (Å²) >= 11 is 0. The van der Waals surface area contributed by atoms with E-state index < -0.39 is 0 Å². The molecule has 170 valence electrons. The van der Waals surface area contributed by atoms with Gasteiger partial charge in [0.15, 0.2) is 0 Å². The summed E-state index contributed by atoms with van der Waals surface area (Å²) < 4.78 is 0. The van der Waals surface area contributed by atoms with E-state index in [0.29, 0.717) is 18.4 Å². The van der Waals surface area contributed by atoms with E-state index in [1.165, 1.54) is 12.8 Å². The molecule has 0 bridgehead atoms. The van der Waals surface area contributed by atoms with Crippen molar-refractivity contribution in [3.63, 3.8) is 0 Å². The SMILES string of the molecule is C=C/C=C\C=C1/CN=C(CN2CCN(C(=O)CC3CC3)CC2)NC1=NCCCN(C)C. The molecule has 1 N–H and O–H groups in total. The number of allylic oxidation sites excluding steroid dienone is 4. The monoisotopic (exact) mass is 426 g/mol. The molecule has 0 atom stereocenters. The quantitative estimate of drug-likeness (QED) is 0.428. The average molecular weight is 427 g/mol. The number of hydrogen-bond acceptors (Lipinski definition) is 5. The van der Waals surface area contributed by atoms with Gasteiger partial charge in [0.2, 0.25) is 5.91 Å². The van der Waals surface area contributed by atoms with Gasteiger partial charge in [-0.05, 0) is 45.8 Å². The van der Waals surface area contributed by atoms with Crippen LogP contribution in [0.5, 0.6) is 0 Å². The fourth-order valence-electron chi connectivity index (χ4n) is 3.77. The first-order valence-corrected chi connectivity index (χ1v) is 11.5. The summed E-state index contributed by atoms with van der Waals surface area (Å²) in [6.45, 7) is 10.4. The fraction of sp³-hybridized carbons (Fsp3) is 0.625. The van der Waals surface area contributed by atoms with Crippen LogP contribution < -0.4 is 5.32 Å². The smallest absolute Gasteiger partial charge is 0.222 e. The van der Waals surface area contributed by atoms with Gasteiger partial charge >= 0.3 is 0 Å². The largest absolute Gasteiger partial charge is 0.340 e. The summed E-state index contributed by atoms with van der Waals surface area (Å²) in [5, 5.41) is 3.47. The summed E-state index contributed by atoms with van der Waals surface area (Å²) in [6, 6.07) is 0. The predicted octanol–water partition coefficient (Wildman–Crippen LogP) is 1.95. The summed E-state index contributed by atoms with van der Waals surface area (Å²) in [6.07, 6.45) is 12.0. The Morgan fingerprint density at radius 3 is 2.71 bits per heavy atom. The van der Waals surface area contributed by atoms with Gasteiger partial charge in [-0.25, -0.2) is 0 Å². The maximum Gasteiger partial charge on any atom is 0.222 e. The van der Waals surface area contributed by atoms with Gasteiger partial charge in [-0.3, -0.25) is 19.7 Å². The van der Waals surface area contributed by atoms with Crippen molar-refractivity contribution in [2.24, 2.45) is 15.9 Å². The second-order valence-electron chi connectivity index (χ2n) is 8.89. The zero-order valence-electron chi connectivity index (χ0n) is 19.2. The highest BCUT2D eigenvalue weighted by Crippen LogP contribution is 2.32. The number of nitrogens with zero attached hydrogens (tertiary/aromatic N) is 5. The van der Waals surface area contributed by atoms with Crippen LogP contribution in [0.25, 0.3) is 0 Å². The van der Waals surface area contributed by atoms with E-state index in [1.807, 2.05) is 17.1 Å². The maximum absolute atomic E-state index is 12.3. The van der Waals surface area contributed by atoms with E-state index in [-0.39, 0.29) is 0 Å². The van der Waals surface area contributed by atoms with Gasteiger partial charge in [0.1, 0.15) is 11.7 Å². The van der Waals surface area contributed by atoms with Crippen molar-refractivity contribution in [3.05, 3.63) is 36.5 Å². The molecule has 3 aliphatic rings. The van der Waals surface area contributed by atoms with E-state index in [2.05, 4.69) is 41.9 Å². The number of rotatable bonds is 10. The Balaban J connectivity index is 1.53. The number of amidine groups is 2. The van der Waals surface area contributed by atoms with Crippen molar-refractivity contribution in [3.8, 4) is 0 Å². The highest BCUT2D eigenvalue weighted by molar-refractivity contribution is 6.12. The first kappa shape index (κ1) is 23.4. The van der Waals surface area contributed by atoms with Gasteiger partial charge in [-0.1, -0.05) is 30.9 Å². The minimum Gasteiger partial charge on any atom is -0.340 e. The standard InChI is InChI=1S/C24H38N6O/c1-4-5-6-8-21-18-26-22(27-24(21)25-11-7-12-28(2)3)19-29-13-15-30(16-14-29)23(31)17-20-9-10-20/h4-6,8,20H,1,7,9-19H2,2-3H3,(H,25,26,27)/b6-5-,21-8+. The lowest BCUT2D eigenvalue weighted by Gasteiger charge is -2.35. The molecule has 3 rings (SSSR count). The second kappa shape index (κ2) is 12.0. The molecule has 0 radical (unpaired) electrons. The molecule has 2 aliphatic heterocycles. The van der Waals surface area contributed by atoms with Crippen LogP contribution in [0.2, 0.25) is 0 Å². The van der Waals surface area contributed by atoms with Crippen molar-refractivity contribution < 1.29 is 4.79 Å². The molecule has 0 spiro atoms. The van der Waals surface area contributed by atoms with Gasteiger partial charge < -0.3 is 15.1 Å². The molecular weight excluding hydrogens is 388 g/mol. The Labute approximate surface area is 187 Å². The molecule has 0 aromatic carbocycles. The van der Waals surface area contributed by atoms with Crippen molar-refractivity contribution in [2.75, 3.05) is 66.5 Å². The predicted molar refractivity (Wildman–Crippen MR) is 129 cm³/mol. The van der Waals surface area contributed by atoms with E-state index in [9.17, 15) is 4.79 Å². The van der Waals surface area contributed by atoms with Gasteiger partial charge in [0.25, 0.3) is 0 Å². The summed E-state index contributed by atoms with van der Waals surface area (Å²) in [5.41, 5.74) is 1.10. The lowest BCUT2D eigenvalue weighted by Crippen LogP contribution is -2.52. The molecule has 1 amide bonds. The summed E-state index contributed by atoms with van der Waals surface area (Å²) in [4.78, 5) is 28.5. The van der Waals surface area contributed by atoms with Gasteiger partial charge in [-0.2, -0.15) is 0 Å². The Morgan fingerprint density at radius 2 is 2.03 bits per heavy atom. The number of carbonyl (C=O) groups is 1. The molecule has 1 aliphatic carbocycles. The molecule has 0 aromatic rings. The first-order chi connectivity index (χ1) is 15.0. The Morgan fingerprint density at radius 1 is 1.26 bits per heavy atom. The highest BCUT2D eigenvalue weighted by Gasteiger charge is 2.29. The molecule has 2 fully saturated rings. The fourth-order valence-corrected chi connectivity index (χ4v) is 3.77. The minimum atomic E-state index is 0.338. The number of amides is 1. The van der Waals surface area contributed by atoms with E-state index in [1.54, 1.807) is 6.08 Å². The third-order valence-electron chi connectivity index (χ3n) is 5.84. The molecule has 1 saturated carbocycles. The Hall–Kier alpha value is -2.25. The normalized spacial score (nSPS) is 22.9. The van der Waals surface area contributed by atoms with Gasteiger partial charge in [-0.15, -0.1) is 0 Å². The Bertz CT molecular complexity index is 739. The van der Waals surface area contributed by atoms with E-state index >= 15 is 0 Å². The zero-order chi connectivity index (χ0) is 22.1. The molecule has 7 nitrogen and oxygen atoms in total. The summed E-state index contributed by atoms with van der Waals surface area (Å²) in [7, 11) is 4.17. The van der Waals surface area contributed by atoms with Gasteiger partial charge in [0.05, 0.1) is 13.1 Å². The number of aliphatic imine (C=N–C) groups is 2. The molecular formula is C24H38N6O. The van der Waals surface area contributed by atoms with Crippen LogP contribution in [-0.4, -0.2) is 98.7 Å². The third-order valence-corrected chi connectivity index (χ3v) is 5.84. The molecule has 7 heteroatoms. The lowest BCUT2D eigenvalue weighted by molar-refractivity contribution is -0.133. The van der Waals surface area contributed by atoms with Crippen molar-refractivity contribution in [1.82, 2.24) is 20.0 Å². The average Bonchev–Trinajstić information content (AvgIpc) is 3.57. The minimum absolute atomic E-state index is 0.338. The van der Waals surface area contributed by atoms with Crippen LogP contribution in [0.3, 0.4) is 0 Å². The first-order valence-electron chi connectivity index (χ1n) is 11.5. The van der Waals surface area contributed by atoms with Gasteiger partial charge in [0, 0.05) is 44.7 Å². The molecule has 0 unspecified atom stereocenters. The second-order valence-corrected chi connectivity index (χ2v) is 8.89. The van der Waals surface area contributed by atoms with E-state index in [0.717, 1.165) is 75.9 Å². The molecule has 31 heavy (non-hydrogen) atoms. The van der Waals surface area contributed by atoms with Crippen LogP contribution in [0.4, 0.5) is 0 Å². The van der Waals surface area contributed by atoms with Crippen molar-refractivity contribution in [2.45, 2.75) is 25.7 Å². The van der Waals surface area contributed by atoms with Crippen LogP contribution in [0, 0.1) is 5.92 Å². The van der Waals surface area contributed by atoms with Crippen LogP contribution >= 0.6 is 0 Å². The molecule has 0 aromatic heterocycles. The number of carbonyl (C=O) groups excluding carboxylic acids is 1. The number of piperazine rings is 1. The number of nitrogens with one attached hydrogen (secondary N) is 1. The molecule has 2 heterocycles. The van der Waals surface area contributed by atoms with Crippen LogP contribution in [-0.2, 0) is 4.79 Å². The van der Waals surface area contributed by atoms with Crippen molar-refractivity contribution >= 4 is 17.6 Å². The molecule has 1 saturated heterocycles. The topological polar surface area (TPSA) is 63.5 Å². The number of hydrogen-bond donors (Lipinski definition) is 1. The Kier molecular flexibility index (Phi) is 9.03. The third kappa shape index (κ3) is 8.07. The van der Waals surface area contributed by atoms with E-state index in [4.69, 9.17) is 9.98 Å². The maximum atomic E-state index is 12.3. The lowest BCUT2D eigenvalue weighted by atomic mass is 10.1. The zero-order valence-corrected chi connectivity index (χ0v) is 19.2.